The first kappa shape index (κ1) is 17.0. The Hall–Kier alpha value is -5.64. The molecule has 0 atom stereocenters. The summed E-state index contributed by atoms with van der Waals surface area (Å²) in [6, 6.07) is 26.9. The third-order valence-electron chi connectivity index (χ3n) is 8.57. The number of benzene rings is 7. The van der Waals surface area contributed by atoms with Crippen LogP contribution in [-0.2, 0) is 0 Å². The maximum absolute atomic E-state index is 9.74. The average molecular weight is 601 g/mol. The first-order valence-electron chi connectivity index (χ1n) is 19.6. The minimum absolute atomic E-state index is 0.0931. The van der Waals surface area contributed by atoms with Crippen LogP contribution in [0.2, 0.25) is 0 Å². The van der Waals surface area contributed by atoms with Crippen molar-refractivity contribution >= 4 is 75.1 Å². The van der Waals surface area contributed by atoms with Crippen LogP contribution in [0, 0.1) is 0 Å². The molecule has 0 N–H and O–H groups in total. The molecule has 0 radical (unpaired) electrons. The molecule has 0 bridgehead atoms. The molecule has 0 saturated heterocycles. The Balaban J connectivity index is 1.52. The summed E-state index contributed by atoms with van der Waals surface area (Å²) >= 11 is 1.65. The monoisotopic (exact) mass is 600 g/mol. The largest absolute Gasteiger partial charge is 0.309 e. The van der Waals surface area contributed by atoms with Crippen molar-refractivity contribution in [2.45, 2.75) is 0 Å². The zero-order chi connectivity index (χ0) is 38.2. The lowest BCUT2D eigenvalue weighted by Crippen LogP contribution is -1.95. The second-order valence-electron chi connectivity index (χ2n) is 11.0. The molecule has 10 rings (SSSR count). The van der Waals surface area contributed by atoms with E-state index in [4.69, 9.17) is 6.85 Å². The van der Waals surface area contributed by atoms with Crippen LogP contribution in [-0.4, -0.2) is 9.13 Å². The van der Waals surface area contributed by atoms with Crippen molar-refractivity contribution < 1.29 is 13.7 Å². The Morgan fingerprint density at radius 3 is 1.73 bits per heavy atom. The van der Waals surface area contributed by atoms with Gasteiger partial charge in [-0.3, -0.25) is 0 Å². The van der Waals surface area contributed by atoms with Crippen LogP contribution in [0.25, 0.3) is 86.3 Å². The van der Waals surface area contributed by atoms with E-state index in [1.807, 2.05) is 66.7 Å². The highest BCUT2D eigenvalue weighted by atomic mass is 32.1. The van der Waals surface area contributed by atoms with Gasteiger partial charge in [0.2, 0.25) is 0 Å². The van der Waals surface area contributed by atoms with Crippen molar-refractivity contribution in [3.05, 3.63) is 157 Å². The minimum Gasteiger partial charge on any atom is -0.309 e. The molecule has 7 aromatic carbocycles. The van der Waals surface area contributed by atoms with Gasteiger partial charge in [-0.1, -0.05) is 103 Å². The Morgan fingerprint density at radius 1 is 0.467 bits per heavy atom. The zero-order valence-corrected chi connectivity index (χ0v) is 24.4. The number of para-hydroxylation sites is 3. The van der Waals surface area contributed by atoms with Gasteiger partial charge in [0.1, 0.15) is 0 Å². The number of nitrogens with zero attached hydrogens (tertiary/aromatic N) is 2. The van der Waals surface area contributed by atoms with Crippen LogP contribution in [0.5, 0.6) is 0 Å². The van der Waals surface area contributed by atoms with Crippen molar-refractivity contribution in [2.24, 2.45) is 0 Å². The lowest BCUT2D eigenvalue weighted by molar-refractivity contribution is 1.17. The molecule has 0 aliphatic rings. The molecule has 0 aliphatic carbocycles. The number of rotatable bonds is 3. The molecule has 3 aromatic heterocycles. The van der Waals surface area contributed by atoms with Gasteiger partial charge in [0, 0.05) is 58.7 Å². The third-order valence-corrected chi connectivity index (χ3v) is 9.79. The molecular weight excluding hydrogens is 565 g/mol. The van der Waals surface area contributed by atoms with Gasteiger partial charge < -0.3 is 9.13 Å². The number of hydrogen-bond acceptors (Lipinski definition) is 1. The molecule has 3 heterocycles. The molecule has 0 unspecified atom stereocenters. The first-order chi connectivity index (χ1) is 26.5. The van der Waals surface area contributed by atoms with Gasteiger partial charge in [-0.25, -0.2) is 0 Å². The number of hydrogen-bond donors (Lipinski definition) is 0. The molecule has 45 heavy (non-hydrogen) atoms. The quantitative estimate of drug-likeness (QED) is 0.191. The summed E-state index contributed by atoms with van der Waals surface area (Å²) < 4.78 is 96.7. The summed E-state index contributed by atoms with van der Waals surface area (Å²) in [6.45, 7) is 0. The van der Waals surface area contributed by atoms with Crippen LogP contribution in [0.3, 0.4) is 0 Å². The molecule has 2 nitrogen and oxygen atoms in total. The van der Waals surface area contributed by atoms with Crippen LogP contribution < -0.4 is 0 Å². The van der Waals surface area contributed by atoms with E-state index in [0.717, 1.165) is 31.3 Å². The van der Waals surface area contributed by atoms with Gasteiger partial charge in [0.15, 0.2) is 0 Å². The van der Waals surface area contributed by atoms with Gasteiger partial charge >= 0.3 is 0 Å². The van der Waals surface area contributed by atoms with Crippen molar-refractivity contribution in [3.8, 4) is 22.5 Å². The summed E-state index contributed by atoms with van der Waals surface area (Å²) in [5.74, 6) is 0. The second-order valence-corrected chi connectivity index (χ2v) is 12.0. The molecule has 0 spiro atoms. The van der Waals surface area contributed by atoms with Crippen LogP contribution >= 0.6 is 11.3 Å². The molecular formula is C42H26N2S. The van der Waals surface area contributed by atoms with Crippen LogP contribution in [0.4, 0.5) is 0 Å². The van der Waals surface area contributed by atoms with E-state index in [0.29, 0.717) is 11.4 Å². The SMILES string of the molecule is [2H]c1c([2H])c([2H])c2c(c1[2H])c1c3c4c([2H])c([2H])c([2H])c([2H])c4n(-c4cc(-c5ccccc5)c5sc6ccccc6c5c4)c3c([2H])c([2H])c1n2-c1ccccc1. The normalized spacial score (nSPS) is 15.1. The molecule has 0 fully saturated rings. The van der Waals surface area contributed by atoms with E-state index in [1.165, 1.54) is 0 Å². The second kappa shape index (κ2) is 9.43. The van der Waals surface area contributed by atoms with Crippen molar-refractivity contribution in [3.63, 3.8) is 0 Å². The third kappa shape index (κ3) is 3.50. The minimum atomic E-state index is -0.482. The van der Waals surface area contributed by atoms with Gasteiger partial charge in [0.25, 0.3) is 0 Å². The van der Waals surface area contributed by atoms with E-state index < -0.39 is 24.2 Å². The fourth-order valence-corrected chi connectivity index (χ4v) is 7.92. The molecule has 0 aliphatic heterocycles. The lowest BCUT2D eigenvalue weighted by atomic mass is 10.0. The molecule has 0 amide bonds. The summed E-state index contributed by atoms with van der Waals surface area (Å²) in [7, 11) is 0. The lowest BCUT2D eigenvalue weighted by Gasteiger charge is -2.12. The number of thiophene rings is 1. The van der Waals surface area contributed by atoms with Crippen molar-refractivity contribution in [2.75, 3.05) is 0 Å². The Labute approximate surface area is 277 Å². The van der Waals surface area contributed by atoms with Gasteiger partial charge in [-0.2, -0.15) is 0 Å². The molecule has 0 saturated carbocycles. The van der Waals surface area contributed by atoms with Crippen LogP contribution in [0.1, 0.15) is 13.7 Å². The topological polar surface area (TPSA) is 9.86 Å². The molecule has 210 valence electrons. The van der Waals surface area contributed by atoms with Crippen molar-refractivity contribution in [1.29, 1.82) is 0 Å². The Bertz CT molecular complexity index is 3310. The summed E-state index contributed by atoms with van der Waals surface area (Å²) in [5.41, 5.74) is 3.32. The summed E-state index contributed by atoms with van der Waals surface area (Å²) in [4.78, 5) is 0. The Kier molecular flexibility index (Phi) is 3.56. The van der Waals surface area contributed by atoms with E-state index in [-0.39, 0.29) is 79.9 Å². The molecule has 10 aromatic rings. The van der Waals surface area contributed by atoms with E-state index in [1.54, 1.807) is 44.7 Å². The summed E-state index contributed by atoms with van der Waals surface area (Å²) in [6.07, 6.45) is 0. The zero-order valence-electron chi connectivity index (χ0n) is 33.5. The van der Waals surface area contributed by atoms with Crippen molar-refractivity contribution in [1.82, 2.24) is 9.13 Å². The Morgan fingerprint density at radius 2 is 1.04 bits per heavy atom. The van der Waals surface area contributed by atoms with E-state index >= 15 is 0 Å². The highest BCUT2D eigenvalue weighted by Crippen LogP contribution is 2.45. The van der Waals surface area contributed by atoms with E-state index in [2.05, 4.69) is 6.07 Å². The number of fused-ring (bicyclic) bond motifs is 10. The van der Waals surface area contributed by atoms with Gasteiger partial charge in [-0.05, 0) is 60.1 Å². The fourth-order valence-electron chi connectivity index (χ4n) is 6.70. The number of aromatic nitrogens is 2. The van der Waals surface area contributed by atoms with E-state index in [9.17, 15) is 6.85 Å². The standard InChI is InChI=1S/C42H26N2S/c1-3-13-27(14-4-1)33-25-29(26-34-30-17-9-12-22-39(30)45-42(33)34)44-36-21-11-8-19-32(36)41-38(44)24-23-37-40(41)31-18-7-10-20-35(31)43(37)28-15-5-2-6-16-28/h1-26H/i7D,8D,10D,11D,18D,19D,20D,21D,23D,24D. The maximum atomic E-state index is 9.74. The van der Waals surface area contributed by atoms with Gasteiger partial charge in [0.05, 0.1) is 35.8 Å². The smallest absolute Gasteiger partial charge is 0.0646 e. The predicted octanol–water partition coefficient (Wildman–Crippen LogP) is 11.9. The highest BCUT2D eigenvalue weighted by Gasteiger charge is 2.21. The fraction of sp³-hybridized carbons (Fsp3) is 0. The highest BCUT2D eigenvalue weighted by molar-refractivity contribution is 7.26. The maximum Gasteiger partial charge on any atom is 0.0646 e. The predicted molar refractivity (Wildman–Crippen MR) is 193 cm³/mol. The first-order valence-corrected chi connectivity index (χ1v) is 15.4. The van der Waals surface area contributed by atoms with Gasteiger partial charge in [-0.15, -0.1) is 11.3 Å². The average Bonchev–Trinajstić information content (AvgIpc) is 3.89. The summed E-state index contributed by atoms with van der Waals surface area (Å²) in [5, 5.41) is 2.52. The molecule has 3 heteroatoms. The van der Waals surface area contributed by atoms with Crippen LogP contribution in [0.15, 0.2) is 157 Å².